The zero-order valence-electron chi connectivity index (χ0n) is 14.9. The molecule has 2 aromatic carbocycles. The van der Waals surface area contributed by atoms with Crippen molar-refractivity contribution in [2.45, 2.75) is 31.4 Å². The summed E-state index contributed by atoms with van der Waals surface area (Å²) in [4.78, 5) is 3.33. The highest BCUT2D eigenvalue weighted by Crippen LogP contribution is 2.36. The number of hydrogen-bond acceptors (Lipinski definition) is 2. The minimum Gasteiger partial charge on any atom is -0.361 e. The van der Waals surface area contributed by atoms with Crippen LogP contribution in [0.5, 0.6) is 0 Å². The van der Waals surface area contributed by atoms with Crippen LogP contribution in [0, 0.1) is 24.1 Å². The van der Waals surface area contributed by atoms with Gasteiger partial charge in [0.1, 0.15) is 5.82 Å². The number of aryl methyl sites for hydroxylation is 1. The first-order valence-corrected chi connectivity index (χ1v) is 10.3. The maximum absolute atomic E-state index is 13.5. The molecule has 0 saturated heterocycles. The molecule has 2 atom stereocenters. The second-order valence-corrected chi connectivity index (χ2v) is 7.99. The van der Waals surface area contributed by atoms with Crippen molar-refractivity contribution >= 4 is 21.7 Å². The molecule has 3 aromatic rings. The van der Waals surface area contributed by atoms with Crippen molar-refractivity contribution in [3.05, 3.63) is 70.7 Å². The molecule has 134 valence electrons. The minimum absolute atomic E-state index is 0.00590. The van der Waals surface area contributed by atoms with Gasteiger partial charge < -0.3 is 4.98 Å². The van der Waals surface area contributed by atoms with Crippen LogP contribution in [0.1, 0.15) is 41.0 Å². The molecular formula is C21H21FN2OS. The fourth-order valence-electron chi connectivity index (χ4n) is 3.58. The highest BCUT2D eigenvalue weighted by atomic mass is 32.2. The van der Waals surface area contributed by atoms with Crippen molar-refractivity contribution in [2.24, 2.45) is 0 Å². The summed E-state index contributed by atoms with van der Waals surface area (Å²) in [5.41, 5.74) is 5.01. The molecule has 0 spiro atoms. The Morgan fingerprint density at radius 2 is 2.08 bits per heavy atom. The van der Waals surface area contributed by atoms with Gasteiger partial charge in [0, 0.05) is 46.5 Å². The van der Waals surface area contributed by atoms with Crippen LogP contribution >= 0.6 is 0 Å². The van der Waals surface area contributed by atoms with E-state index in [1.807, 2.05) is 37.4 Å². The van der Waals surface area contributed by atoms with E-state index in [1.165, 1.54) is 12.1 Å². The van der Waals surface area contributed by atoms with Gasteiger partial charge >= 0.3 is 0 Å². The number of hydrogen-bond donors (Lipinski definition) is 1. The van der Waals surface area contributed by atoms with Crippen molar-refractivity contribution in [1.82, 2.24) is 4.98 Å². The third-order valence-corrected chi connectivity index (χ3v) is 5.44. The van der Waals surface area contributed by atoms with Gasteiger partial charge in [0.25, 0.3) is 0 Å². The second kappa shape index (κ2) is 7.84. The van der Waals surface area contributed by atoms with Crippen molar-refractivity contribution in [2.75, 3.05) is 6.26 Å². The number of fused-ring (bicyclic) bond motifs is 1. The van der Waals surface area contributed by atoms with E-state index in [0.717, 1.165) is 33.2 Å². The molecule has 3 rings (SSSR count). The summed E-state index contributed by atoms with van der Waals surface area (Å²) in [6.45, 7) is 1.90. The Hall–Kier alpha value is -2.45. The largest absolute Gasteiger partial charge is 0.361 e. The van der Waals surface area contributed by atoms with Crippen LogP contribution in [0.25, 0.3) is 10.9 Å². The highest BCUT2D eigenvalue weighted by molar-refractivity contribution is 7.83. The zero-order chi connectivity index (χ0) is 18.7. The van der Waals surface area contributed by atoms with Crippen LogP contribution in [0.15, 0.2) is 42.6 Å². The maximum Gasteiger partial charge on any atom is 0.123 e. The Morgan fingerprint density at radius 3 is 2.77 bits per heavy atom. The molecule has 0 aliphatic carbocycles. The molecule has 3 nitrogen and oxygen atoms in total. The molecule has 0 aliphatic rings. The van der Waals surface area contributed by atoms with Crippen LogP contribution in [-0.4, -0.2) is 15.4 Å². The normalized spacial score (nSPS) is 13.5. The number of H-pyrrole nitrogens is 1. The van der Waals surface area contributed by atoms with Crippen LogP contribution in [-0.2, 0) is 16.6 Å². The summed E-state index contributed by atoms with van der Waals surface area (Å²) in [5, 5.41) is 10.1. The van der Waals surface area contributed by atoms with Crippen molar-refractivity contribution in [1.29, 1.82) is 5.26 Å². The van der Waals surface area contributed by atoms with Crippen LogP contribution < -0.4 is 0 Å². The van der Waals surface area contributed by atoms with Gasteiger partial charge in [-0.2, -0.15) is 5.26 Å². The van der Waals surface area contributed by atoms with Gasteiger partial charge in [-0.25, -0.2) is 4.39 Å². The van der Waals surface area contributed by atoms with Crippen molar-refractivity contribution in [3.8, 4) is 6.07 Å². The first-order chi connectivity index (χ1) is 12.5. The van der Waals surface area contributed by atoms with Gasteiger partial charge in [-0.3, -0.25) is 4.21 Å². The lowest BCUT2D eigenvalue weighted by Gasteiger charge is -2.18. The Balaban J connectivity index is 2.13. The van der Waals surface area contributed by atoms with E-state index >= 15 is 0 Å². The number of rotatable bonds is 6. The van der Waals surface area contributed by atoms with E-state index < -0.39 is 10.8 Å². The summed E-state index contributed by atoms with van der Waals surface area (Å²) in [7, 11) is -0.926. The number of aromatic nitrogens is 1. The van der Waals surface area contributed by atoms with E-state index in [1.54, 1.807) is 6.26 Å². The summed E-state index contributed by atoms with van der Waals surface area (Å²) < 4.78 is 25.2. The number of benzene rings is 2. The summed E-state index contributed by atoms with van der Waals surface area (Å²) >= 11 is 0. The molecule has 5 heteroatoms. The third kappa shape index (κ3) is 3.71. The summed E-state index contributed by atoms with van der Waals surface area (Å²) in [6, 6.07) is 13.0. The molecule has 1 N–H and O–H groups in total. The maximum atomic E-state index is 13.5. The monoisotopic (exact) mass is 368 g/mol. The van der Waals surface area contributed by atoms with Gasteiger partial charge in [0.15, 0.2) is 0 Å². The topological polar surface area (TPSA) is 56.6 Å². The predicted octanol–water partition coefficient (Wildman–Crippen LogP) is 4.93. The quantitative estimate of drug-likeness (QED) is 0.671. The Labute approximate surface area is 155 Å². The molecule has 26 heavy (non-hydrogen) atoms. The fraction of sp³-hybridized carbons (Fsp3) is 0.286. The second-order valence-electron chi connectivity index (χ2n) is 6.55. The fourth-order valence-corrected chi connectivity index (χ4v) is 4.26. The Kier molecular flexibility index (Phi) is 5.53. The first-order valence-electron chi connectivity index (χ1n) is 8.53. The molecule has 0 aliphatic heterocycles. The summed E-state index contributed by atoms with van der Waals surface area (Å²) in [5.74, 6) is 0.249. The predicted molar refractivity (Wildman–Crippen MR) is 104 cm³/mol. The summed E-state index contributed by atoms with van der Waals surface area (Å²) in [6.07, 6.45) is 4.75. The van der Waals surface area contributed by atoms with E-state index in [4.69, 9.17) is 5.26 Å². The smallest absolute Gasteiger partial charge is 0.123 e. The molecule has 0 bridgehead atoms. The number of para-hydroxylation sites is 1. The van der Waals surface area contributed by atoms with Gasteiger partial charge in [-0.15, -0.1) is 0 Å². The lowest BCUT2D eigenvalue weighted by Crippen LogP contribution is -2.03. The standard InChI is InChI=1S/C21H21FN2OS/c1-14-11-16(22)8-9-17(14)18(7-4-10-23)20-12-24-21-15(13-26(2)25)5-3-6-19(20)21/h3,5-6,8-9,11-12,18,24H,4,7,13H2,1-2H3. The van der Waals surface area contributed by atoms with Crippen molar-refractivity contribution < 1.29 is 8.60 Å². The molecule has 0 saturated carbocycles. The van der Waals surface area contributed by atoms with Crippen LogP contribution in [0.4, 0.5) is 4.39 Å². The molecule has 0 amide bonds. The number of nitriles is 1. The van der Waals surface area contributed by atoms with Gasteiger partial charge in [0.05, 0.1) is 11.8 Å². The van der Waals surface area contributed by atoms with E-state index in [9.17, 15) is 8.60 Å². The van der Waals surface area contributed by atoms with Gasteiger partial charge in [-0.05, 0) is 47.7 Å². The van der Waals surface area contributed by atoms with Crippen molar-refractivity contribution in [3.63, 3.8) is 0 Å². The molecule has 1 heterocycles. The Morgan fingerprint density at radius 1 is 1.27 bits per heavy atom. The molecule has 2 unspecified atom stereocenters. The molecule has 0 radical (unpaired) electrons. The number of aromatic amines is 1. The average molecular weight is 368 g/mol. The number of nitrogens with one attached hydrogen (secondary N) is 1. The lowest BCUT2D eigenvalue weighted by atomic mass is 9.85. The van der Waals surface area contributed by atoms with Gasteiger partial charge in [0.2, 0.25) is 0 Å². The van der Waals surface area contributed by atoms with Gasteiger partial charge in [-0.1, -0.05) is 24.3 Å². The number of nitrogens with zero attached hydrogens (tertiary/aromatic N) is 1. The zero-order valence-corrected chi connectivity index (χ0v) is 15.7. The Bertz CT molecular complexity index is 1000. The molecular weight excluding hydrogens is 347 g/mol. The third-order valence-electron chi connectivity index (χ3n) is 4.72. The highest BCUT2D eigenvalue weighted by Gasteiger charge is 2.21. The average Bonchev–Trinajstić information content (AvgIpc) is 3.01. The van der Waals surface area contributed by atoms with E-state index in [2.05, 4.69) is 11.1 Å². The molecule has 0 fully saturated rings. The minimum atomic E-state index is -0.926. The molecule has 1 aromatic heterocycles. The lowest BCUT2D eigenvalue weighted by molar-refractivity contribution is 0.623. The van der Waals surface area contributed by atoms with Crippen LogP contribution in [0.3, 0.4) is 0 Å². The van der Waals surface area contributed by atoms with E-state index in [-0.39, 0.29) is 11.7 Å². The van der Waals surface area contributed by atoms with E-state index in [0.29, 0.717) is 18.6 Å². The first kappa shape index (κ1) is 18.3. The van der Waals surface area contributed by atoms with Crippen LogP contribution in [0.2, 0.25) is 0 Å². The SMILES string of the molecule is Cc1cc(F)ccc1C(CCC#N)c1c[nH]c2c(CS(C)=O)cccc12. The number of halogens is 1.